The maximum absolute atomic E-state index is 11.9. The van der Waals surface area contributed by atoms with Gasteiger partial charge in [0.1, 0.15) is 17.8 Å². The number of aliphatic carboxylic acids is 3. The van der Waals surface area contributed by atoms with Gasteiger partial charge in [0.25, 0.3) is 0 Å². The van der Waals surface area contributed by atoms with Gasteiger partial charge in [0.15, 0.2) is 0 Å². The summed E-state index contributed by atoms with van der Waals surface area (Å²) in [6, 6.07) is 0. The summed E-state index contributed by atoms with van der Waals surface area (Å²) in [5, 5.41) is 29.2. The Morgan fingerprint density at radius 2 is 1.00 bits per heavy atom. The highest BCUT2D eigenvalue weighted by atomic mass is 16.4. The number of hydrogen-bond donors (Lipinski definition) is 3. The van der Waals surface area contributed by atoms with Crippen molar-refractivity contribution in [1.82, 2.24) is 0 Å². The monoisotopic (exact) mass is 484 g/mol. The average molecular weight is 485 g/mol. The highest BCUT2D eigenvalue weighted by Crippen LogP contribution is 2.25. The first kappa shape index (κ1) is 32.1. The summed E-state index contributed by atoms with van der Waals surface area (Å²) in [5.41, 5.74) is 0. The first-order valence-electron chi connectivity index (χ1n) is 13.3. The second kappa shape index (κ2) is 18.4. The van der Waals surface area contributed by atoms with Crippen LogP contribution in [0.5, 0.6) is 0 Å². The lowest BCUT2D eigenvalue weighted by Gasteiger charge is -2.43. The quantitative estimate of drug-likeness (QED) is 0.101. The van der Waals surface area contributed by atoms with E-state index in [0.29, 0.717) is 25.8 Å². The summed E-state index contributed by atoms with van der Waals surface area (Å²) < 4.78 is 0.252. The van der Waals surface area contributed by atoms with E-state index in [1.165, 1.54) is 12.8 Å². The number of quaternary nitrogens is 1. The molecule has 0 amide bonds. The van der Waals surface area contributed by atoms with Crippen molar-refractivity contribution in [1.29, 1.82) is 0 Å². The van der Waals surface area contributed by atoms with Crippen LogP contribution in [0.3, 0.4) is 0 Å². The topological polar surface area (TPSA) is 112 Å². The average Bonchev–Trinajstić information content (AvgIpc) is 2.79. The number of carbonyl (C=O) groups is 3. The number of rotatable bonds is 22. The summed E-state index contributed by atoms with van der Waals surface area (Å²) in [6.45, 7) is 9.07. The van der Waals surface area contributed by atoms with E-state index in [9.17, 15) is 29.7 Å². The SMILES string of the molecule is CC/C=C/CCCCCCCC[N+](CC(CC)C(=O)O)(CC(CC)C(=O)O)CC(CC)C(=O)O. The molecule has 0 saturated carbocycles. The van der Waals surface area contributed by atoms with Gasteiger partial charge in [-0.2, -0.15) is 0 Å². The van der Waals surface area contributed by atoms with Gasteiger partial charge in [0.2, 0.25) is 0 Å². The van der Waals surface area contributed by atoms with Crippen LogP contribution in [-0.2, 0) is 14.4 Å². The predicted molar refractivity (Wildman–Crippen MR) is 136 cm³/mol. The van der Waals surface area contributed by atoms with Crippen molar-refractivity contribution in [3.8, 4) is 0 Å². The van der Waals surface area contributed by atoms with Gasteiger partial charge >= 0.3 is 17.9 Å². The zero-order valence-electron chi connectivity index (χ0n) is 22.0. The Bertz CT molecular complexity index is 558. The van der Waals surface area contributed by atoms with E-state index < -0.39 is 35.7 Å². The van der Waals surface area contributed by atoms with Gasteiger partial charge < -0.3 is 19.8 Å². The molecule has 0 aliphatic rings. The standard InChI is InChI=1S/C27H49NO6/c1-5-9-10-11-12-13-14-15-16-17-18-28(19-22(6-2)25(29)30,20-23(7-3)26(31)32)21-24(8-4)27(33)34/h9-10,22-24H,5-8,11-21H2,1-4H3,(H2-,29,30,31,32,33,34)/p+1/b10-9+. The van der Waals surface area contributed by atoms with Crippen LogP contribution in [0.1, 0.15) is 98.3 Å². The minimum Gasteiger partial charge on any atom is -0.481 e. The van der Waals surface area contributed by atoms with Crippen molar-refractivity contribution in [3.05, 3.63) is 12.2 Å². The molecule has 0 rings (SSSR count). The molecule has 0 bridgehead atoms. The molecule has 7 nitrogen and oxygen atoms in total. The third kappa shape index (κ3) is 13.1. The Labute approximate surface area is 206 Å². The number of carboxylic acids is 3. The van der Waals surface area contributed by atoms with Gasteiger partial charge in [-0.15, -0.1) is 0 Å². The van der Waals surface area contributed by atoms with E-state index >= 15 is 0 Å². The lowest BCUT2D eigenvalue weighted by Crippen LogP contribution is -2.58. The number of carboxylic acid groups (broad SMARTS) is 3. The molecule has 0 aliphatic carbocycles. The molecule has 3 unspecified atom stereocenters. The molecular weight excluding hydrogens is 434 g/mol. The summed E-state index contributed by atoms with van der Waals surface area (Å²) in [5.74, 6) is -4.53. The van der Waals surface area contributed by atoms with Gasteiger partial charge in [0.05, 0.1) is 26.2 Å². The van der Waals surface area contributed by atoms with Gasteiger partial charge in [-0.25, -0.2) is 0 Å². The summed E-state index contributed by atoms with van der Waals surface area (Å²) >= 11 is 0. The lowest BCUT2D eigenvalue weighted by molar-refractivity contribution is -0.935. The van der Waals surface area contributed by atoms with E-state index in [-0.39, 0.29) is 24.1 Å². The molecule has 3 atom stereocenters. The van der Waals surface area contributed by atoms with Crippen molar-refractivity contribution in [2.24, 2.45) is 17.8 Å². The van der Waals surface area contributed by atoms with E-state index in [2.05, 4.69) is 19.1 Å². The molecule has 0 spiro atoms. The van der Waals surface area contributed by atoms with Crippen LogP contribution < -0.4 is 0 Å². The zero-order chi connectivity index (χ0) is 26.0. The normalized spacial score (nSPS) is 16.1. The third-order valence-corrected chi connectivity index (χ3v) is 7.00. The van der Waals surface area contributed by atoms with Crippen molar-refractivity contribution >= 4 is 17.9 Å². The van der Waals surface area contributed by atoms with Crippen LogP contribution in [0, 0.1) is 17.8 Å². The van der Waals surface area contributed by atoms with Crippen molar-refractivity contribution in [2.45, 2.75) is 98.3 Å². The largest absolute Gasteiger partial charge is 0.481 e. The molecule has 0 aromatic carbocycles. The Hall–Kier alpha value is -1.89. The van der Waals surface area contributed by atoms with Gasteiger partial charge in [0, 0.05) is 0 Å². The van der Waals surface area contributed by atoms with Crippen LogP contribution in [0.25, 0.3) is 0 Å². The highest BCUT2D eigenvalue weighted by molar-refractivity contribution is 5.71. The van der Waals surface area contributed by atoms with Crippen molar-refractivity contribution < 1.29 is 34.2 Å². The maximum Gasteiger partial charge on any atom is 0.312 e. The molecule has 0 aromatic heterocycles. The van der Waals surface area contributed by atoms with Crippen LogP contribution >= 0.6 is 0 Å². The molecule has 0 aliphatic heterocycles. The molecule has 7 heteroatoms. The summed E-state index contributed by atoms with van der Waals surface area (Å²) in [4.78, 5) is 35.6. The minimum absolute atomic E-state index is 0.252. The fourth-order valence-electron chi connectivity index (χ4n) is 4.75. The van der Waals surface area contributed by atoms with E-state index in [0.717, 1.165) is 38.5 Å². The molecule has 0 heterocycles. The Morgan fingerprint density at radius 3 is 1.35 bits per heavy atom. The van der Waals surface area contributed by atoms with E-state index in [1.807, 2.05) is 20.8 Å². The molecule has 3 N–H and O–H groups in total. The zero-order valence-corrected chi connectivity index (χ0v) is 22.0. The van der Waals surface area contributed by atoms with Crippen molar-refractivity contribution in [2.75, 3.05) is 26.2 Å². The second-order valence-corrected chi connectivity index (χ2v) is 9.73. The van der Waals surface area contributed by atoms with Crippen molar-refractivity contribution in [3.63, 3.8) is 0 Å². The molecule has 0 fully saturated rings. The smallest absolute Gasteiger partial charge is 0.312 e. The molecule has 0 aromatic rings. The summed E-state index contributed by atoms with van der Waals surface area (Å²) in [6.07, 6.45) is 14.4. The van der Waals surface area contributed by atoms with E-state index in [4.69, 9.17) is 0 Å². The maximum atomic E-state index is 11.9. The molecule has 198 valence electrons. The minimum atomic E-state index is -0.895. The molecule has 0 radical (unpaired) electrons. The van der Waals surface area contributed by atoms with Crippen LogP contribution in [0.2, 0.25) is 0 Å². The number of hydrogen-bond acceptors (Lipinski definition) is 3. The number of unbranched alkanes of at least 4 members (excludes halogenated alkanes) is 6. The number of nitrogens with zero attached hydrogens (tertiary/aromatic N) is 1. The second-order valence-electron chi connectivity index (χ2n) is 9.73. The lowest BCUT2D eigenvalue weighted by atomic mass is 9.95. The Balaban J connectivity index is 5.44. The molecule has 34 heavy (non-hydrogen) atoms. The van der Waals surface area contributed by atoms with Gasteiger partial charge in [-0.1, -0.05) is 59.1 Å². The Morgan fingerprint density at radius 1 is 0.618 bits per heavy atom. The van der Waals surface area contributed by atoms with Gasteiger partial charge in [-0.3, -0.25) is 14.4 Å². The fourth-order valence-corrected chi connectivity index (χ4v) is 4.75. The third-order valence-electron chi connectivity index (χ3n) is 7.00. The first-order valence-corrected chi connectivity index (χ1v) is 13.3. The van der Waals surface area contributed by atoms with Gasteiger partial charge in [-0.05, 0) is 51.4 Å². The molecular formula is C27H50NO6+. The molecule has 0 saturated heterocycles. The number of allylic oxidation sites excluding steroid dienone is 2. The van der Waals surface area contributed by atoms with Crippen LogP contribution in [-0.4, -0.2) is 63.9 Å². The van der Waals surface area contributed by atoms with Crippen LogP contribution in [0.4, 0.5) is 0 Å². The first-order chi connectivity index (χ1) is 16.2. The summed E-state index contributed by atoms with van der Waals surface area (Å²) in [7, 11) is 0. The fraction of sp³-hybridized carbons (Fsp3) is 0.815. The van der Waals surface area contributed by atoms with E-state index in [1.54, 1.807) is 0 Å². The predicted octanol–water partition coefficient (Wildman–Crippen LogP) is 5.83. The van der Waals surface area contributed by atoms with Crippen LogP contribution in [0.15, 0.2) is 12.2 Å². The Kier molecular flexibility index (Phi) is 17.4. The highest BCUT2D eigenvalue weighted by Gasteiger charge is 2.40.